The highest BCUT2D eigenvalue weighted by atomic mass is 32.1. The molecule has 1 saturated heterocycles. The minimum absolute atomic E-state index is 0.213. The molecule has 3 aromatic rings. The third-order valence-electron chi connectivity index (χ3n) is 5.44. The summed E-state index contributed by atoms with van der Waals surface area (Å²) in [6.45, 7) is 1.06. The summed E-state index contributed by atoms with van der Waals surface area (Å²) in [7, 11) is 0. The fraction of sp³-hybridized carbons (Fsp3) is 0.238. The number of carbonyl (C=O) groups excluding carboxylic acids is 1. The van der Waals surface area contributed by atoms with E-state index in [-0.39, 0.29) is 16.9 Å². The number of hydrogen-bond donors (Lipinski definition) is 2. The summed E-state index contributed by atoms with van der Waals surface area (Å²) >= 11 is 1.42. The largest absolute Gasteiger partial charge is 0.505 e. The lowest BCUT2D eigenvalue weighted by atomic mass is 9.70. The van der Waals surface area contributed by atoms with Crippen LogP contribution in [0.25, 0.3) is 0 Å². The van der Waals surface area contributed by atoms with E-state index < -0.39 is 11.6 Å². The van der Waals surface area contributed by atoms with Gasteiger partial charge in [0.05, 0.1) is 5.69 Å². The van der Waals surface area contributed by atoms with Crippen molar-refractivity contribution in [3.05, 3.63) is 76.5 Å². The predicted molar refractivity (Wildman–Crippen MR) is 107 cm³/mol. The van der Waals surface area contributed by atoms with E-state index in [4.69, 9.17) is 5.73 Å². The lowest BCUT2D eigenvalue weighted by molar-refractivity contribution is 0.0683. The Kier molecular flexibility index (Phi) is 4.77. The summed E-state index contributed by atoms with van der Waals surface area (Å²) in [5.41, 5.74) is 7.97. The van der Waals surface area contributed by atoms with Crippen LogP contribution in [0.15, 0.2) is 53.9 Å². The van der Waals surface area contributed by atoms with Gasteiger partial charge in [-0.25, -0.2) is 9.37 Å². The fourth-order valence-electron chi connectivity index (χ4n) is 3.88. The highest BCUT2D eigenvalue weighted by Gasteiger charge is 2.40. The first-order valence-corrected chi connectivity index (χ1v) is 9.92. The Morgan fingerprint density at radius 2 is 1.89 bits per heavy atom. The summed E-state index contributed by atoms with van der Waals surface area (Å²) in [5, 5.41) is 12.1. The number of phenols is 1. The van der Waals surface area contributed by atoms with Gasteiger partial charge >= 0.3 is 0 Å². The Bertz CT molecular complexity index is 998. The number of phenolic OH excluding ortho intramolecular Hbond substituents is 1. The van der Waals surface area contributed by atoms with Gasteiger partial charge in [-0.2, -0.15) is 0 Å². The molecular weight excluding hydrogens is 377 g/mol. The van der Waals surface area contributed by atoms with Gasteiger partial charge in [-0.1, -0.05) is 30.3 Å². The Labute approximate surface area is 166 Å². The number of benzene rings is 2. The molecule has 3 N–H and O–H groups in total. The van der Waals surface area contributed by atoms with Crippen LogP contribution >= 0.6 is 11.3 Å². The summed E-state index contributed by atoms with van der Waals surface area (Å²) < 4.78 is 13.3. The fourth-order valence-corrected chi connectivity index (χ4v) is 4.54. The first-order valence-electron chi connectivity index (χ1n) is 9.04. The van der Waals surface area contributed by atoms with Crippen LogP contribution in [-0.4, -0.2) is 34.0 Å². The molecule has 4 rings (SSSR count). The zero-order chi connectivity index (χ0) is 19.7. The van der Waals surface area contributed by atoms with E-state index in [2.05, 4.69) is 17.1 Å². The average Bonchev–Trinajstić information content (AvgIpc) is 3.17. The van der Waals surface area contributed by atoms with Gasteiger partial charge in [-0.3, -0.25) is 4.79 Å². The second-order valence-electron chi connectivity index (χ2n) is 6.98. The van der Waals surface area contributed by atoms with Crippen LogP contribution in [0, 0.1) is 5.82 Å². The second-order valence-corrected chi connectivity index (χ2v) is 7.87. The summed E-state index contributed by atoms with van der Waals surface area (Å²) in [6, 6.07) is 13.9. The molecule has 0 radical (unpaired) electrons. The second kappa shape index (κ2) is 7.24. The Morgan fingerprint density at radius 1 is 1.18 bits per heavy atom. The van der Waals surface area contributed by atoms with Crippen molar-refractivity contribution in [1.82, 2.24) is 9.88 Å². The minimum Gasteiger partial charge on any atom is -0.505 e. The van der Waals surface area contributed by atoms with Crippen molar-refractivity contribution >= 4 is 22.4 Å². The number of nitrogen functional groups attached to an aromatic ring is 1. The topological polar surface area (TPSA) is 79.5 Å². The summed E-state index contributed by atoms with van der Waals surface area (Å²) in [6.07, 6.45) is 1.41. The Morgan fingerprint density at radius 3 is 2.50 bits per heavy atom. The molecule has 28 heavy (non-hydrogen) atoms. The lowest BCUT2D eigenvalue weighted by Crippen LogP contribution is -2.46. The van der Waals surface area contributed by atoms with Gasteiger partial charge in [0.1, 0.15) is 0 Å². The molecule has 0 saturated carbocycles. The molecule has 0 atom stereocenters. The van der Waals surface area contributed by atoms with Gasteiger partial charge in [-0.05, 0) is 36.6 Å². The Balaban J connectivity index is 1.60. The number of rotatable bonds is 3. The smallest absolute Gasteiger partial charge is 0.253 e. The van der Waals surface area contributed by atoms with Crippen molar-refractivity contribution in [3.63, 3.8) is 0 Å². The lowest BCUT2D eigenvalue weighted by Gasteiger charge is -2.41. The van der Waals surface area contributed by atoms with Crippen molar-refractivity contribution in [2.24, 2.45) is 0 Å². The van der Waals surface area contributed by atoms with E-state index in [0.29, 0.717) is 31.1 Å². The highest BCUT2D eigenvalue weighted by Crippen LogP contribution is 2.42. The number of thiazole rings is 1. The molecule has 1 aliphatic heterocycles. The van der Waals surface area contributed by atoms with Crippen LogP contribution in [-0.2, 0) is 5.41 Å². The maximum Gasteiger partial charge on any atom is 0.253 e. The normalized spacial score (nSPS) is 16.1. The number of piperidine rings is 1. The van der Waals surface area contributed by atoms with E-state index in [1.54, 1.807) is 4.90 Å². The van der Waals surface area contributed by atoms with Crippen molar-refractivity contribution in [2.45, 2.75) is 18.3 Å². The molecule has 5 nitrogen and oxygen atoms in total. The van der Waals surface area contributed by atoms with Crippen LogP contribution in [0.3, 0.4) is 0 Å². The number of nitrogens with two attached hydrogens (primary N) is 1. The van der Waals surface area contributed by atoms with Crippen LogP contribution in [0.1, 0.15) is 34.5 Å². The van der Waals surface area contributed by atoms with Gasteiger partial charge in [0.2, 0.25) is 0 Å². The van der Waals surface area contributed by atoms with Crippen LogP contribution < -0.4 is 5.73 Å². The van der Waals surface area contributed by atoms with Crippen molar-refractivity contribution in [1.29, 1.82) is 0 Å². The molecule has 0 spiro atoms. The number of aromatic nitrogens is 1. The molecule has 1 aliphatic rings. The van der Waals surface area contributed by atoms with Crippen LogP contribution in [0.5, 0.6) is 5.75 Å². The molecule has 1 fully saturated rings. The summed E-state index contributed by atoms with van der Waals surface area (Å²) in [4.78, 5) is 19.1. The molecule has 1 amide bonds. The predicted octanol–water partition coefficient (Wildman–Crippen LogP) is 3.79. The molecule has 7 heteroatoms. The number of nitrogens with zero attached hydrogens (tertiary/aromatic N) is 2. The van der Waals surface area contributed by atoms with Gasteiger partial charge in [0.15, 0.2) is 16.7 Å². The average molecular weight is 397 g/mol. The first-order chi connectivity index (χ1) is 13.5. The monoisotopic (exact) mass is 397 g/mol. The number of hydrogen-bond acceptors (Lipinski definition) is 5. The molecule has 2 aromatic carbocycles. The molecule has 0 aliphatic carbocycles. The molecule has 0 unspecified atom stereocenters. The number of amides is 1. The van der Waals surface area contributed by atoms with E-state index in [9.17, 15) is 14.3 Å². The van der Waals surface area contributed by atoms with E-state index in [1.165, 1.54) is 23.5 Å². The molecular formula is C21H20FN3O2S. The number of carbonyl (C=O) groups is 1. The maximum atomic E-state index is 13.3. The van der Waals surface area contributed by atoms with Crippen LogP contribution in [0.2, 0.25) is 0 Å². The van der Waals surface area contributed by atoms with E-state index >= 15 is 0 Å². The quantitative estimate of drug-likeness (QED) is 0.705. The Hall–Kier alpha value is -2.93. The van der Waals surface area contributed by atoms with Crippen molar-refractivity contribution in [2.75, 3.05) is 18.8 Å². The number of anilines is 1. The van der Waals surface area contributed by atoms with E-state index in [1.807, 2.05) is 23.6 Å². The maximum absolute atomic E-state index is 13.3. The van der Waals surface area contributed by atoms with Gasteiger partial charge in [-0.15, -0.1) is 11.3 Å². The van der Waals surface area contributed by atoms with E-state index in [0.717, 1.165) is 17.3 Å². The standard InChI is InChI=1S/C21H20FN3O2S/c22-16-7-6-14(12-17(16)26)19(27)25-10-8-21(9-11-25,15-4-2-1-3-5-15)18-13-28-20(23)24-18/h1-7,12-13,26H,8-11H2,(H2,23,24). The van der Waals surface area contributed by atoms with Gasteiger partial charge < -0.3 is 15.7 Å². The molecule has 144 valence electrons. The third kappa shape index (κ3) is 3.22. The number of aromatic hydroxyl groups is 1. The summed E-state index contributed by atoms with van der Waals surface area (Å²) in [5.74, 6) is -1.46. The van der Waals surface area contributed by atoms with Gasteiger partial charge in [0, 0.05) is 29.4 Å². The highest BCUT2D eigenvalue weighted by molar-refractivity contribution is 7.13. The molecule has 0 bridgehead atoms. The molecule has 1 aromatic heterocycles. The van der Waals surface area contributed by atoms with Crippen LogP contribution in [0.4, 0.5) is 9.52 Å². The van der Waals surface area contributed by atoms with Crippen molar-refractivity contribution in [3.8, 4) is 5.75 Å². The van der Waals surface area contributed by atoms with Crippen molar-refractivity contribution < 1.29 is 14.3 Å². The van der Waals surface area contributed by atoms with Gasteiger partial charge in [0.25, 0.3) is 5.91 Å². The number of likely N-dealkylation sites (tertiary alicyclic amines) is 1. The number of halogens is 1. The third-order valence-corrected chi connectivity index (χ3v) is 6.11. The minimum atomic E-state index is -0.737. The first kappa shape index (κ1) is 18.4. The zero-order valence-electron chi connectivity index (χ0n) is 15.1. The SMILES string of the molecule is Nc1nc(C2(c3ccccc3)CCN(C(=O)c3ccc(F)c(O)c3)CC2)cs1. The molecule has 2 heterocycles. The zero-order valence-corrected chi connectivity index (χ0v) is 16.0.